The number of nitrogens with two attached hydrogens (primary N) is 2. The van der Waals surface area contributed by atoms with E-state index in [1.165, 1.54) is 42.3 Å². The topological polar surface area (TPSA) is 127 Å². The summed E-state index contributed by atoms with van der Waals surface area (Å²) in [6.45, 7) is 16.5. The van der Waals surface area contributed by atoms with Crippen LogP contribution in [-0.4, -0.2) is 65.5 Å². The fourth-order valence-electron chi connectivity index (χ4n) is 4.12. The minimum absolute atomic E-state index is 0.0561. The van der Waals surface area contributed by atoms with Gasteiger partial charge >= 0.3 is 0 Å². The highest BCUT2D eigenvalue weighted by atomic mass is 32.2. The number of amides is 2. The van der Waals surface area contributed by atoms with Crippen molar-refractivity contribution < 1.29 is 9.59 Å². The molecular weight excluding hydrogens is 520 g/mol. The summed E-state index contributed by atoms with van der Waals surface area (Å²) in [5.74, 6) is 6.12. The number of thioether (sulfide) groups is 1. The molecule has 2 heterocycles. The van der Waals surface area contributed by atoms with Crippen LogP contribution in [0.2, 0.25) is 0 Å². The van der Waals surface area contributed by atoms with E-state index in [-0.39, 0.29) is 13.1 Å². The van der Waals surface area contributed by atoms with Gasteiger partial charge < -0.3 is 21.7 Å². The molecular formula is C31H50N6O2S. The first kappa shape index (κ1) is 37.1. The van der Waals surface area contributed by atoms with E-state index < -0.39 is 17.0 Å². The van der Waals surface area contributed by atoms with Crippen LogP contribution in [0.5, 0.6) is 0 Å². The Morgan fingerprint density at radius 1 is 1.30 bits per heavy atom. The number of aryl methyl sites for hydroxylation is 1. The van der Waals surface area contributed by atoms with Gasteiger partial charge in [0, 0.05) is 41.7 Å². The molecule has 1 aromatic heterocycles. The number of pyridine rings is 1. The molecule has 5 N–H and O–H groups in total. The van der Waals surface area contributed by atoms with Crippen molar-refractivity contribution in [3.8, 4) is 11.8 Å². The van der Waals surface area contributed by atoms with Gasteiger partial charge in [-0.2, -0.15) is 0 Å². The molecule has 0 saturated carbocycles. The first-order valence-electron chi connectivity index (χ1n) is 13.7. The number of unbranched alkanes of at least 4 members (excludes halogenated alkanes) is 2. The van der Waals surface area contributed by atoms with Crippen molar-refractivity contribution in [2.24, 2.45) is 22.4 Å². The summed E-state index contributed by atoms with van der Waals surface area (Å²) < 4.78 is 0. The summed E-state index contributed by atoms with van der Waals surface area (Å²) in [7, 11) is 1.72. The molecule has 1 aromatic rings. The molecule has 1 fully saturated rings. The molecule has 0 aliphatic carbocycles. The summed E-state index contributed by atoms with van der Waals surface area (Å²) in [5.41, 5.74) is 11.5. The Morgan fingerprint density at radius 3 is 2.45 bits per heavy atom. The van der Waals surface area contributed by atoms with E-state index in [4.69, 9.17) is 11.5 Å². The SMILES string of the molecule is C=C/C=C(\SCC1(NC)CN(C=O)CC1(N)C(=O)N=CN)c1cncc(C)c1.CC#CC.CCCCCC(C)C. The lowest BCUT2D eigenvalue weighted by molar-refractivity contribution is -0.124. The average Bonchev–Trinajstić information content (AvgIpc) is 3.24. The number of aliphatic imine (C=N–C) groups is 1. The Bertz CT molecular complexity index is 1040. The van der Waals surface area contributed by atoms with Gasteiger partial charge in [-0.3, -0.25) is 14.6 Å². The number of nitrogens with zero attached hydrogens (tertiary/aromatic N) is 3. The van der Waals surface area contributed by atoms with E-state index in [1.54, 1.807) is 25.5 Å². The lowest BCUT2D eigenvalue weighted by Gasteiger charge is -2.39. The molecule has 40 heavy (non-hydrogen) atoms. The Balaban J connectivity index is 0.00000106. The zero-order chi connectivity index (χ0) is 30.6. The molecule has 9 heteroatoms. The highest BCUT2D eigenvalue weighted by molar-refractivity contribution is 8.08. The standard InChI is InChI=1S/C19H26N6O2S.C8H18.C4H6/c1-4-5-16(15-6-14(2)7-23-8-15)28-11-18(22-3)9-25(13-26)10-19(18,21)17(27)24-12-20;1-4-5-6-7-8(2)3;1-3-4-2/h4-8,12-13,22H,1,9-11,21H2,2-3H3,(H2,20,24,27);8H,4-7H2,1-3H3;1-2H3/b16-5-;;. The normalized spacial score (nSPS) is 20.1. The number of hydrogen-bond donors (Lipinski definition) is 3. The van der Waals surface area contributed by atoms with E-state index in [1.807, 2.05) is 32.9 Å². The second-order valence-electron chi connectivity index (χ2n) is 10.1. The second-order valence-corrected chi connectivity index (χ2v) is 11.1. The maximum atomic E-state index is 12.7. The lowest BCUT2D eigenvalue weighted by atomic mass is 9.81. The molecule has 0 aromatic carbocycles. The number of aromatic nitrogens is 1. The Labute approximate surface area is 246 Å². The smallest absolute Gasteiger partial charge is 0.270 e. The molecule has 2 rings (SSSR count). The van der Waals surface area contributed by atoms with Crippen molar-refractivity contribution in [1.29, 1.82) is 0 Å². The molecule has 2 amide bonds. The van der Waals surface area contributed by atoms with Crippen LogP contribution >= 0.6 is 11.8 Å². The summed E-state index contributed by atoms with van der Waals surface area (Å²) >= 11 is 1.51. The molecule has 1 aliphatic rings. The summed E-state index contributed by atoms with van der Waals surface area (Å²) in [4.78, 5) is 34.4. The van der Waals surface area contributed by atoms with Crippen molar-refractivity contribution in [1.82, 2.24) is 15.2 Å². The van der Waals surface area contributed by atoms with Gasteiger partial charge in [-0.15, -0.1) is 23.6 Å². The van der Waals surface area contributed by atoms with Gasteiger partial charge in [0.1, 0.15) is 5.54 Å². The highest BCUT2D eigenvalue weighted by Gasteiger charge is 2.59. The molecule has 8 nitrogen and oxygen atoms in total. The van der Waals surface area contributed by atoms with Crippen LogP contribution in [0.3, 0.4) is 0 Å². The van der Waals surface area contributed by atoms with Crippen LogP contribution < -0.4 is 16.8 Å². The Morgan fingerprint density at radius 2 is 1.98 bits per heavy atom. The Hall–Kier alpha value is -2.93. The van der Waals surface area contributed by atoms with Crippen molar-refractivity contribution in [2.45, 2.75) is 78.3 Å². The molecule has 0 spiro atoms. The van der Waals surface area contributed by atoms with Crippen molar-refractivity contribution in [2.75, 3.05) is 25.9 Å². The zero-order valence-electron chi connectivity index (χ0n) is 25.5. The first-order valence-corrected chi connectivity index (χ1v) is 14.7. The minimum atomic E-state index is -1.41. The van der Waals surface area contributed by atoms with Crippen molar-refractivity contribution in [3.63, 3.8) is 0 Å². The third-order valence-corrected chi connectivity index (χ3v) is 7.84. The molecule has 2 unspecified atom stereocenters. The zero-order valence-corrected chi connectivity index (χ0v) is 26.3. The number of rotatable bonds is 12. The average molecular weight is 571 g/mol. The molecule has 222 valence electrons. The first-order chi connectivity index (χ1) is 19.0. The Kier molecular flexibility index (Phi) is 18.6. The maximum absolute atomic E-state index is 12.7. The van der Waals surface area contributed by atoms with Crippen LogP contribution in [0, 0.1) is 24.7 Å². The van der Waals surface area contributed by atoms with Gasteiger partial charge in [-0.05, 0) is 51.4 Å². The van der Waals surface area contributed by atoms with Crippen LogP contribution in [0.25, 0.3) is 4.91 Å². The highest BCUT2D eigenvalue weighted by Crippen LogP contribution is 2.38. The van der Waals surface area contributed by atoms with Gasteiger partial charge in [0.15, 0.2) is 0 Å². The quantitative estimate of drug-likeness (QED) is 0.0841. The fraction of sp³-hybridized carbons (Fsp3) is 0.548. The number of likely N-dealkylation sites (tertiary alicyclic amines) is 1. The van der Waals surface area contributed by atoms with Crippen LogP contribution in [0.4, 0.5) is 0 Å². The number of carbonyl (C=O) groups is 2. The molecule has 1 saturated heterocycles. The number of nitrogens with one attached hydrogen (secondary N) is 1. The van der Waals surface area contributed by atoms with E-state index in [0.29, 0.717) is 12.2 Å². The predicted molar refractivity (Wildman–Crippen MR) is 172 cm³/mol. The van der Waals surface area contributed by atoms with E-state index in [2.05, 4.69) is 54.5 Å². The summed E-state index contributed by atoms with van der Waals surface area (Å²) in [5, 5.41) is 3.18. The monoisotopic (exact) mass is 570 g/mol. The summed E-state index contributed by atoms with van der Waals surface area (Å²) in [6, 6.07) is 2.02. The molecule has 1 aliphatic heterocycles. The maximum Gasteiger partial charge on any atom is 0.270 e. The molecule has 0 bridgehead atoms. The van der Waals surface area contributed by atoms with Gasteiger partial charge in [0.05, 0.1) is 11.9 Å². The van der Waals surface area contributed by atoms with Crippen molar-refractivity contribution in [3.05, 3.63) is 48.3 Å². The minimum Gasteiger partial charge on any atom is -0.390 e. The van der Waals surface area contributed by atoms with Gasteiger partial charge in [-0.1, -0.05) is 59.1 Å². The van der Waals surface area contributed by atoms with E-state index in [0.717, 1.165) is 28.3 Å². The van der Waals surface area contributed by atoms with E-state index >= 15 is 0 Å². The molecule has 0 radical (unpaired) electrons. The third-order valence-electron chi connectivity index (χ3n) is 6.52. The largest absolute Gasteiger partial charge is 0.390 e. The number of carbonyl (C=O) groups excluding carboxylic acids is 2. The fourth-order valence-corrected chi connectivity index (χ4v) is 5.49. The predicted octanol–water partition coefficient (Wildman–Crippen LogP) is 4.54. The van der Waals surface area contributed by atoms with Gasteiger partial charge in [-0.25, -0.2) is 4.99 Å². The summed E-state index contributed by atoms with van der Waals surface area (Å²) in [6.07, 6.45) is 14.4. The van der Waals surface area contributed by atoms with Crippen molar-refractivity contribution >= 4 is 35.3 Å². The van der Waals surface area contributed by atoms with Crippen LogP contribution in [0.15, 0.2) is 42.2 Å². The number of allylic oxidation sites excluding steroid dienone is 2. The van der Waals surface area contributed by atoms with Gasteiger partial charge in [0.25, 0.3) is 5.91 Å². The van der Waals surface area contributed by atoms with Crippen LogP contribution in [0.1, 0.15) is 71.4 Å². The van der Waals surface area contributed by atoms with E-state index in [9.17, 15) is 9.59 Å². The lowest BCUT2D eigenvalue weighted by Crippen LogP contribution is -2.71. The van der Waals surface area contributed by atoms with Crippen LogP contribution in [-0.2, 0) is 9.59 Å². The third kappa shape index (κ3) is 11.7. The molecule has 2 atom stereocenters. The number of hydrogen-bond acceptors (Lipinski definition) is 6. The van der Waals surface area contributed by atoms with Gasteiger partial charge in [0.2, 0.25) is 6.41 Å². The second kappa shape index (κ2) is 20.0. The number of likely N-dealkylation sites (N-methyl/N-ethyl adjacent to an activating group) is 1.